The Morgan fingerprint density at radius 1 is 1.58 bits per heavy atom. The molecule has 0 radical (unpaired) electrons. The topological polar surface area (TPSA) is 88.7 Å². The smallest absolute Gasteiger partial charge is 0.260 e. The molecule has 1 amide bonds. The summed E-state index contributed by atoms with van der Waals surface area (Å²) in [6.07, 6.45) is 4.17. The zero-order valence-corrected chi connectivity index (χ0v) is 13.8. The zero-order chi connectivity index (χ0) is 17.1. The molecule has 3 rings (SSSR count). The van der Waals surface area contributed by atoms with E-state index in [0.29, 0.717) is 30.0 Å². The molecule has 7 heteroatoms. The molecule has 0 spiro atoms. The maximum atomic E-state index is 13.2. The van der Waals surface area contributed by atoms with Gasteiger partial charge in [0.1, 0.15) is 17.4 Å². The van der Waals surface area contributed by atoms with Crippen LogP contribution in [-0.2, 0) is 4.74 Å². The van der Waals surface area contributed by atoms with Gasteiger partial charge in [0.05, 0.1) is 12.6 Å². The second kappa shape index (κ2) is 7.11. The highest BCUT2D eigenvalue weighted by atomic mass is 16.5. The van der Waals surface area contributed by atoms with Crippen molar-refractivity contribution < 1.29 is 19.2 Å². The maximum absolute atomic E-state index is 13.2. The lowest BCUT2D eigenvalue weighted by molar-refractivity contribution is 0.0621. The van der Waals surface area contributed by atoms with Crippen LogP contribution in [0.15, 0.2) is 29.0 Å². The number of rotatable bonds is 5. The van der Waals surface area contributed by atoms with Crippen LogP contribution < -0.4 is 0 Å². The Morgan fingerprint density at radius 2 is 2.42 bits per heavy atom. The number of carbonyl (C=O) groups is 1. The number of aromatic nitrogens is 2. The Morgan fingerprint density at radius 3 is 3.08 bits per heavy atom. The van der Waals surface area contributed by atoms with Crippen LogP contribution in [0.5, 0.6) is 0 Å². The first-order chi connectivity index (χ1) is 11.6. The molecule has 7 nitrogen and oxygen atoms in total. The number of carbonyl (C=O) groups excluding carboxylic acids is 1. The first kappa shape index (κ1) is 16.6. The van der Waals surface area contributed by atoms with E-state index in [9.17, 15) is 9.90 Å². The number of amides is 1. The third-order valence-electron chi connectivity index (χ3n) is 4.24. The first-order valence-electron chi connectivity index (χ1n) is 8.01. The summed E-state index contributed by atoms with van der Waals surface area (Å²) in [7, 11) is 1.63. The fourth-order valence-electron chi connectivity index (χ4n) is 3.11. The van der Waals surface area contributed by atoms with Gasteiger partial charge in [0, 0.05) is 31.6 Å². The van der Waals surface area contributed by atoms with Crippen molar-refractivity contribution in [1.29, 1.82) is 0 Å². The molecule has 3 heterocycles. The molecule has 1 N–H and O–H groups in total. The summed E-state index contributed by atoms with van der Waals surface area (Å²) < 4.78 is 10.5. The molecule has 2 aromatic heterocycles. The highest BCUT2D eigenvalue weighted by Crippen LogP contribution is 2.32. The van der Waals surface area contributed by atoms with Gasteiger partial charge in [0.15, 0.2) is 5.76 Å². The van der Waals surface area contributed by atoms with Crippen molar-refractivity contribution >= 4 is 5.91 Å². The lowest BCUT2D eigenvalue weighted by Gasteiger charge is -2.24. The van der Waals surface area contributed by atoms with Gasteiger partial charge in [-0.25, -0.2) is 0 Å². The number of hydrogen-bond acceptors (Lipinski definition) is 6. The van der Waals surface area contributed by atoms with Crippen LogP contribution in [0.1, 0.15) is 42.0 Å². The molecule has 1 aliphatic heterocycles. The number of nitrogens with zero attached hydrogens (tertiary/aromatic N) is 3. The molecular formula is C17H21N3O4. The third-order valence-corrected chi connectivity index (χ3v) is 4.24. The Balaban J connectivity index is 2.02. The van der Waals surface area contributed by atoms with Gasteiger partial charge in [0.2, 0.25) is 0 Å². The van der Waals surface area contributed by atoms with E-state index in [1.807, 2.05) is 6.07 Å². The standard InChI is InChI=1S/C17H21N3O4/c1-11(21)16-14(15(19-24-16)12-5-3-7-18-9-12)17(22)20-8-4-6-13(20)10-23-2/h3,5,7,9,11,13,21H,4,6,8,10H2,1-2H3/t11-,13+/m0/s1. The van der Waals surface area contributed by atoms with E-state index in [1.54, 1.807) is 37.4 Å². The Bertz CT molecular complexity index is 699. The van der Waals surface area contributed by atoms with E-state index in [0.717, 1.165) is 12.8 Å². The van der Waals surface area contributed by atoms with Crippen molar-refractivity contribution in [2.75, 3.05) is 20.3 Å². The summed E-state index contributed by atoms with van der Waals surface area (Å²) in [6.45, 7) is 2.70. The van der Waals surface area contributed by atoms with Crippen molar-refractivity contribution in [3.8, 4) is 11.3 Å². The quantitative estimate of drug-likeness (QED) is 0.902. The van der Waals surface area contributed by atoms with Gasteiger partial charge in [-0.1, -0.05) is 5.16 Å². The summed E-state index contributed by atoms with van der Waals surface area (Å²) in [5.74, 6) is -0.00697. The Labute approximate surface area is 140 Å². The van der Waals surface area contributed by atoms with Gasteiger partial charge in [0.25, 0.3) is 5.91 Å². The number of aliphatic hydroxyl groups excluding tert-OH is 1. The van der Waals surface area contributed by atoms with Crippen LogP contribution in [0.4, 0.5) is 0 Å². The minimum Gasteiger partial charge on any atom is -0.385 e. The Hall–Kier alpha value is -2.25. The van der Waals surface area contributed by atoms with Crippen molar-refractivity contribution in [1.82, 2.24) is 15.0 Å². The zero-order valence-electron chi connectivity index (χ0n) is 13.8. The van der Waals surface area contributed by atoms with Crippen LogP contribution in [0.25, 0.3) is 11.3 Å². The largest absolute Gasteiger partial charge is 0.385 e. The van der Waals surface area contributed by atoms with Gasteiger partial charge in [-0.15, -0.1) is 0 Å². The molecule has 128 valence electrons. The first-order valence-corrected chi connectivity index (χ1v) is 8.01. The predicted octanol–water partition coefficient (Wildman–Crippen LogP) is 2.04. The number of methoxy groups -OCH3 is 1. The molecule has 24 heavy (non-hydrogen) atoms. The summed E-state index contributed by atoms with van der Waals surface area (Å²) in [5, 5.41) is 14.0. The second-order valence-corrected chi connectivity index (χ2v) is 5.94. The minimum absolute atomic E-state index is 0.0287. The molecule has 0 unspecified atom stereocenters. The van der Waals surface area contributed by atoms with Crippen LogP contribution in [0.3, 0.4) is 0 Å². The third kappa shape index (κ3) is 3.05. The van der Waals surface area contributed by atoms with Crippen molar-refractivity contribution in [3.05, 3.63) is 35.9 Å². The molecule has 1 fully saturated rings. The van der Waals surface area contributed by atoms with E-state index in [1.165, 1.54) is 0 Å². The average Bonchev–Trinajstić information content (AvgIpc) is 3.22. The number of ether oxygens (including phenoxy) is 1. The van der Waals surface area contributed by atoms with Crippen molar-refractivity contribution in [3.63, 3.8) is 0 Å². The molecule has 0 aliphatic carbocycles. The molecule has 0 aromatic carbocycles. The number of hydrogen-bond donors (Lipinski definition) is 1. The molecule has 1 saturated heterocycles. The molecule has 1 aliphatic rings. The summed E-state index contributed by atoms with van der Waals surface area (Å²) in [6, 6.07) is 3.61. The molecule has 0 bridgehead atoms. The monoisotopic (exact) mass is 331 g/mol. The highest BCUT2D eigenvalue weighted by Gasteiger charge is 2.35. The predicted molar refractivity (Wildman–Crippen MR) is 86.3 cm³/mol. The summed E-state index contributed by atoms with van der Waals surface area (Å²) in [5.41, 5.74) is 1.40. The molecule has 2 atom stereocenters. The fourth-order valence-corrected chi connectivity index (χ4v) is 3.11. The number of likely N-dealkylation sites (tertiary alicyclic amines) is 1. The number of pyridine rings is 1. The van der Waals surface area contributed by atoms with Gasteiger partial charge in [-0.05, 0) is 31.9 Å². The molecule has 2 aromatic rings. The Kier molecular flexibility index (Phi) is 4.92. The lowest BCUT2D eigenvalue weighted by atomic mass is 10.0. The van der Waals surface area contributed by atoms with E-state index in [-0.39, 0.29) is 17.7 Å². The summed E-state index contributed by atoms with van der Waals surface area (Å²) >= 11 is 0. The van der Waals surface area contributed by atoms with Gasteiger partial charge >= 0.3 is 0 Å². The van der Waals surface area contributed by atoms with Crippen molar-refractivity contribution in [2.45, 2.75) is 31.9 Å². The van der Waals surface area contributed by atoms with Crippen LogP contribution in [-0.4, -0.2) is 52.4 Å². The van der Waals surface area contributed by atoms with Crippen LogP contribution >= 0.6 is 0 Å². The van der Waals surface area contributed by atoms with Crippen LogP contribution in [0, 0.1) is 0 Å². The van der Waals surface area contributed by atoms with Gasteiger partial charge in [-0.3, -0.25) is 9.78 Å². The normalized spacial score (nSPS) is 18.8. The van der Waals surface area contributed by atoms with E-state index < -0.39 is 6.10 Å². The number of aliphatic hydroxyl groups is 1. The maximum Gasteiger partial charge on any atom is 0.260 e. The lowest BCUT2D eigenvalue weighted by Crippen LogP contribution is -2.38. The second-order valence-electron chi connectivity index (χ2n) is 5.94. The molecule has 0 saturated carbocycles. The summed E-state index contributed by atoms with van der Waals surface area (Å²) in [4.78, 5) is 19.0. The van der Waals surface area contributed by atoms with E-state index >= 15 is 0 Å². The molecular weight excluding hydrogens is 310 g/mol. The fraction of sp³-hybridized carbons (Fsp3) is 0.471. The van der Waals surface area contributed by atoms with Gasteiger partial charge < -0.3 is 19.3 Å². The highest BCUT2D eigenvalue weighted by molar-refractivity contribution is 6.01. The van der Waals surface area contributed by atoms with E-state index in [2.05, 4.69) is 10.1 Å². The van der Waals surface area contributed by atoms with Gasteiger partial charge in [-0.2, -0.15) is 0 Å². The van der Waals surface area contributed by atoms with E-state index in [4.69, 9.17) is 9.26 Å². The van der Waals surface area contributed by atoms with Crippen LogP contribution in [0.2, 0.25) is 0 Å². The van der Waals surface area contributed by atoms with Crippen molar-refractivity contribution in [2.24, 2.45) is 0 Å². The average molecular weight is 331 g/mol. The minimum atomic E-state index is -0.926. The SMILES string of the molecule is COC[C@H]1CCCN1C(=O)c1c(-c2cccnc2)noc1[C@H](C)O.